The molecule has 4 rings (SSSR count). The SMILES string of the molecule is CNC(=O)N1CCC(N2C(=O)C3(CCCCC3)C2c2ccccc2)CC1. The Morgan fingerprint density at radius 3 is 2.35 bits per heavy atom. The minimum Gasteiger partial charge on any atom is -0.341 e. The number of β-lactam (4-membered cyclic amide) rings is 1. The summed E-state index contributed by atoms with van der Waals surface area (Å²) in [5.74, 6) is 0.365. The van der Waals surface area contributed by atoms with Crippen molar-refractivity contribution in [1.29, 1.82) is 0 Å². The van der Waals surface area contributed by atoms with E-state index >= 15 is 0 Å². The standard InChI is InChI=1S/C21H29N3O2/c1-22-20(26)23-14-10-17(11-15-23)24-18(16-8-4-2-5-9-16)21(19(24)25)12-6-3-7-13-21/h2,4-5,8-9,17-18H,3,6-7,10-15H2,1H3,(H,22,26). The second kappa shape index (κ2) is 6.93. The molecule has 1 saturated carbocycles. The maximum Gasteiger partial charge on any atom is 0.317 e. The summed E-state index contributed by atoms with van der Waals surface area (Å²) in [6.45, 7) is 1.45. The van der Waals surface area contributed by atoms with E-state index in [2.05, 4.69) is 34.5 Å². The number of amides is 3. The summed E-state index contributed by atoms with van der Waals surface area (Å²) in [4.78, 5) is 29.2. The predicted octanol–water partition coefficient (Wildman–Crippen LogP) is 3.32. The smallest absolute Gasteiger partial charge is 0.317 e. The van der Waals surface area contributed by atoms with Crippen LogP contribution >= 0.6 is 0 Å². The van der Waals surface area contributed by atoms with Crippen molar-refractivity contribution in [3.63, 3.8) is 0 Å². The van der Waals surface area contributed by atoms with Gasteiger partial charge in [0.2, 0.25) is 5.91 Å². The van der Waals surface area contributed by atoms with Crippen molar-refractivity contribution >= 4 is 11.9 Å². The minimum absolute atomic E-state index is 0.0123. The van der Waals surface area contributed by atoms with Gasteiger partial charge in [0, 0.05) is 26.2 Å². The Hall–Kier alpha value is -2.04. The molecule has 1 N–H and O–H groups in total. The Balaban J connectivity index is 1.56. The molecule has 0 aromatic heterocycles. The molecule has 1 atom stereocenters. The van der Waals surface area contributed by atoms with Crippen LogP contribution in [0.4, 0.5) is 4.79 Å². The highest BCUT2D eigenvalue weighted by atomic mass is 16.2. The van der Waals surface area contributed by atoms with Crippen molar-refractivity contribution in [2.45, 2.75) is 57.0 Å². The van der Waals surface area contributed by atoms with Gasteiger partial charge in [-0.1, -0.05) is 49.6 Å². The van der Waals surface area contributed by atoms with Gasteiger partial charge in [-0.05, 0) is 31.2 Å². The van der Waals surface area contributed by atoms with Crippen LogP contribution < -0.4 is 5.32 Å². The quantitative estimate of drug-likeness (QED) is 0.828. The number of urea groups is 1. The van der Waals surface area contributed by atoms with Gasteiger partial charge in [-0.25, -0.2) is 4.79 Å². The highest BCUT2D eigenvalue weighted by molar-refractivity contribution is 5.91. The van der Waals surface area contributed by atoms with Crippen LogP contribution in [0.5, 0.6) is 0 Å². The van der Waals surface area contributed by atoms with Crippen molar-refractivity contribution in [3.8, 4) is 0 Å². The molecule has 26 heavy (non-hydrogen) atoms. The number of rotatable bonds is 2. The van der Waals surface area contributed by atoms with E-state index < -0.39 is 0 Å². The maximum atomic E-state index is 13.3. The third-order valence-corrected chi connectivity index (χ3v) is 6.68. The van der Waals surface area contributed by atoms with E-state index in [0.29, 0.717) is 5.91 Å². The molecule has 0 radical (unpaired) electrons. The predicted molar refractivity (Wildman–Crippen MR) is 101 cm³/mol. The molecular weight excluding hydrogens is 326 g/mol. The number of piperidine rings is 1. The molecule has 0 bridgehead atoms. The number of hydrogen-bond donors (Lipinski definition) is 1. The second-order valence-corrected chi connectivity index (χ2v) is 8.02. The summed E-state index contributed by atoms with van der Waals surface area (Å²) in [5, 5.41) is 2.70. The Kier molecular flexibility index (Phi) is 4.63. The number of nitrogens with one attached hydrogen (secondary N) is 1. The molecular formula is C21H29N3O2. The lowest BCUT2D eigenvalue weighted by Gasteiger charge is -2.61. The summed E-state index contributed by atoms with van der Waals surface area (Å²) in [7, 11) is 1.67. The van der Waals surface area contributed by atoms with Gasteiger partial charge in [0.15, 0.2) is 0 Å². The molecule has 1 aromatic carbocycles. The Labute approximate surface area is 155 Å². The van der Waals surface area contributed by atoms with Crippen LogP contribution in [0.2, 0.25) is 0 Å². The number of likely N-dealkylation sites (tertiary alicyclic amines) is 2. The van der Waals surface area contributed by atoms with Gasteiger partial charge in [-0.3, -0.25) is 4.79 Å². The first-order valence-corrected chi connectivity index (χ1v) is 10.0. The van der Waals surface area contributed by atoms with Gasteiger partial charge < -0.3 is 15.1 Å². The first-order valence-electron chi connectivity index (χ1n) is 10.0. The van der Waals surface area contributed by atoms with E-state index in [1.807, 2.05) is 11.0 Å². The number of carbonyl (C=O) groups excluding carboxylic acids is 2. The first kappa shape index (κ1) is 17.4. The second-order valence-electron chi connectivity index (χ2n) is 8.02. The van der Waals surface area contributed by atoms with Crippen LogP contribution in [0.3, 0.4) is 0 Å². The van der Waals surface area contributed by atoms with E-state index in [-0.39, 0.29) is 23.5 Å². The van der Waals surface area contributed by atoms with Crippen LogP contribution in [0.25, 0.3) is 0 Å². The maximum absolute atomic E-state index is 13.3. The van der Waals surface area contributed by atoms with Crippen LogP contribution in [-0.4, -0.2) is 47.9 Å². The van der Waals surface area contributed by atoms with Crippen LogP contribution in [-0.2, 0) is 4.79 Å². The number of hydrogen-bond acceptors (Lipinski definition) is 2. The van der Waals surface area contributed by atoms with Gasteiger partial charge >= 0.3 is 6.03 Å². The summed E-state index contributed by atoms with van der Waals surface area (Å²) < 4.78 is 0. The van der Waals surface area contributed by atoms with Crippen LogP contribution in [0, 0.1) is 5.41 Å². The molecule has 5 nitrogen and oxygen atoms in total. The fourth-order valence-electron chi connectivity index (χ4n) is 5.36. The van der Waals surface area contributed by atoms with Gasteiger partial charge in [-0.2, -0.15) is 0 Å². The lowest BCUT2D eigenvalue weighted by atomic mass is 9.59. The number of nitrogens with zero attached hydrogens (tertiary/aromatic N) is 2. The zero-order valence-electron chi connectivity index (χ0n) is 15.6. The fraction of sp³-hybridized carbons (Fsp3) is 0.619. The first-order chi connectivity index (χ1) is 12.7. The van der Waals surface area contributed by atoms with Gasteiger partial charge in [-0.15, -0.1) is 0 Å². The normalized spacial score (nSPS) is 25.9. The molecule has 1 unspecified atom stereocenters. The Morgan fingerprint density at radius 1 is 1.08 bits per heavy atom. The average Bonchev–Trinajstić information content (AvgIpc) is 2.72. The summed E-state index contributed by atoms with van der Waals surface area (Å²) in [5.41, 5.74) is 1.11. The molecule has 2 saturated heterocycles. The summed E-state index contributed by atoms with van der Waals surface area (Å²) in [6.07, 6.45) is 7.38. The molecule has 5 heteroatoms. The van der Waals surface area contributed by atoms with E-state index in [9.17, 15) is 9.59 Å². The van der Waals surface area contributed by atoms with Crippen molar-refractivity contribution in [1.82, 2.24) is 15.1 Å². The highest BCUT2D eigenvalue weighted by Crippen LogP contribution is 2.59. The Morgan fingerprint density at radius 2 is 1.73 bits per heavy atom. The minimum atomic E-state index is -0.169. The monoisotopic (exact) mass is 355 g/mol. The third kappa shape index (κ3) is 2.68. The third-order valence-electron chi connectivity index (χ3n) is 6.68. The molecule has 2 aliphatic heterocycles. The highest BCUT2D eigenvalue weighted by Gasteiger charge is 2.62. The molecule has 1 aromatic rings. The number of carbonyl (C=O) groups is 2. The summed E-state index contributed by atoms with van der Waals surface area (Å²) >= 11 is 0. The molecule has 3 fully saturated rings. The van der Waals surface area contributed by atoms with E-state index in [0.717, 1.165) is 51.6 Å². The zero-order chi connectivity index (χ0) is 18.1. The molecule has 1 spiro atoms. The van der Waals surface area contributed by atoms with E-state index in [1.165, 1.54) is 12.0 Å². The van der Waals surface area contributed by atoms with E-state index in [4.69, 9.17) is 0 Å². The summed E-state index contributed by atoms with van der Waals surface area (Å²) in [6, 6.07) is 11.0. The largest absolute Gasteiger partial charge is 0.341 e. The molecule has 3 aliphatic rings. The molecule has 140 valence electrons. The van der Waals surface area contributed by atoms with Crippen molar-refractivity contribution in [3.05, 3.63) is 35.9 Å². The molecule has 3 amide bonds. The van der Waals surface area contributed by atoms with Crippen molar-refractivity contribution < 1.29 is 9.59 Å². The van der Waals surface area contributed by atoms with Gasteiger partial charge in [0.1, 0.15) is 0 Å². The lowest BCUT2D eigenvalue weighted by Crippen LogP contribution is -2.68. The van der Waals surface area contributed by atoms with Crippen molar-refractivity contribution in [2.75, 3.05) is 20.1 Å². The molecule has 1 aliphatic carbocycles. The van der Waals surface area contributed by atoms with E-state index in [1.54, 1.807) is 7.05 Å². The van der Waals surface area contributed by atoms with Gasteiger partial charge in [0.25, 0.3) is 0 Å². The van der Waals surface area contributed by atoms with Crippen molar-refractivity contribution in [2.24, 2.45) is 5.41 Å². The van der Waals surface area contributed by atoms with Crippen LogP contribution in [0.15, 0.2) is 30.3 Å². The Bertz CT molecular complexity index is 661. The average molecular weight is 355 g/mol. The zero-order valence-corrected chi connectivity index (χ0v) is 15.6. The van der Waals surface area contributed by atoms with Gasteiger partial charge in [0.05, 0.1) is 11.5 Å². The topological polar surface area (TPSA) is 52.7 Å². The lowest BCUT2D eigenvalue weighted by molar-refractivity contribution is -0.186. The molecule has 2 heterocycles. The number of benzene rings is 1. The van der Waals surface area contributed by atoms with Crippen LogP contribution in [0.1, 0.15) is 56.6 Å². The fourth-order valence-corrected chi connectivity index (χ4v) is 5.36.